The van der Waals surface area contributed by atoms with Crippen molar-refractivity contribution < 1.29 is 22.7 Å². The highest BCUT2D eigenvalue weighted by atomic mass is 19.4. The van der Waals surface area contributed by atoms with Crippen LogP contribution >= 0.6 is 0 Å². The molecule has 0 atom stereocenters. The predicted octanol–water partition coefficient (Wildman–Crippen LogP) is 2.14. The Hall–Kier alpha value is -2.45. The van der Waals surface area contributed by atoms with Crippen LogP contribution in [-0.4, -0.2) is 24.7 Å². The van der Waals surface area contributed by atoms with Crippen LogP contribution in [0.2, 0.25) is 0 Å². The number of aromatic nitrogens is 4. The van der Waals surface area contributed by atoms with Gasteiger partial charge in [-0.05, 0) is 6.07 Å². The Morgan fingerprint density at radius 1 is 1.21 bits per heavy atom. The maximum atomic E-state index is 13.3. The van der Waals surface area contributed by atoms with E-state index in [1.165, 1.54) is 0 Å². The molecule has 3 aromatic rings. The van der Waals surface area contributed by atoms with E-state index in [-0.39, 0.29) is 11.2 Å². The van der Waals surface area contributed by atoms with E-state index in [4.69, 9.17) is 0 Å². The van der Waals surface area contributed by atoms with Crippen LogP contribution in [0, 0.1) is 5.82 Å². The molecule has 5 nitrogen and oxygen atoms in total. The quantitative estimate of drug-likeness (QED) is 0.637. The molecule has 0 unspecified atom stereocenters. The Morgan fingerprint density at radius 2 is 1.95 bits per heavy atom. The van der Waals surface area contributed by atoms with Gasteiger partial charge < -0.3 is 5.11 Å². The highest BCUT2D eigenvalue weighted by Crippen LogP contribution is 2.35. The number of hydrogen-bond acceptors (Lipinski definition) is 4. The molecule has 0 amide bonds. The third-order valence-electron chi connectivity index (χ3n) is 2.58. The second kappa shape index (κ2) is 3.53. The minimum Gasteiger partial charge on any atom is -0.491 e. The zero-order chi connectivity index (χ0) is 13.8. The van der Waals surface area contributed by atoms with Crippen LogP contribution in [0.5, 0.6) is 5.88 Å². The van der Waals surface area contributed by atoms with Gasteiger partial charge in [0.15, 0.2) is 0 Å². The summed E-state index contributed by atoms with van der Waals surface area (Å²) in [5.74, 6) is -1.77. The average molecular weight is 272 g/mol. The molecule has 0 aliphatic heterocycles. The second-order valence-electron chi connectivity index (χ2n) is 3.78. The zero-order valence-electron chi connectivity index (χ0n) is 8.98. The van der Waals surface area contributed by atoms with Crippen molar-refractivity contribution in [2.75, 3.05) is 0 Å². The van der Waals surface area contributed by atoms with E-state index >= 15 is 0 Å². The summed E-state index contributed by atoms with van der Waals surface area (Å²) in [4.78, 5) is 3.43. The van der Waals surface area contributed by atoms with Gasteiger partial charge in [-0.2, -0.15) is 13.2 Å². The average Bonchev–Trinajstić information content (AvgIpc) is 2.78. The lowest BCUT2D eigenvalue weighted by atomic mass is 10.1. The Balaban J connectivity index is 2.56. The van der Waals surface area contributed by atoms with Crippen molar-refractivity contribution >= 4 is 16.7 Å². The van der Waals surface area contributed by atoms with Gasteiger partial charge in [-0.25, -0.2) is 9.37 Å². The largest absolute Gasteiger partial charge is 0.491 e. The second-order valence-corrected chi connectivity index (χ2v) is 3.78. The summed E-state index contributed by atoms with van der Waals surface area (Å²) < 4.78 is 52.8. The van der Waals surface area contributed by atoms with Crippen LogP contribution in [0.3, 0.4) is 0 Å². The van der Waals surface area contributed by atoms with E-state index in [2.05, 4.69) is 15.2 Å². The fourth-order valence-corrected chi connectivity index (χ4v) is 1.82. The number of aromatic hydroxyl groups is 1. The van der Waals surface area contributed by atoms with E-state index in [0.29, 0.717) is 6.07 Å². The van der Waals surface area contributed by atoms with Crippen molar-refractivity contribution in [3.8, 4) is 5.88 Å². The van der Waals surface area contributed by atoms with E-state index < -0.39 is 29.0 Å². The van der Waals surface area contributed by atoms with Gasteiger partial charge in [0.05, 0.1) is 11.1 Å². The lowest BCUT2D eigenvalue weighted by Gasteiger charge is -2.11. The minimum atomic E-state index is -4.79. The molecule has 0 bridgehead atoms. The van der Waals surface area contributed by atoms with Crippen LogP contribution in [0.1, 0.15) is 5.56 Å². The van der Waals surface area contributed by atoms with Crippen LogP contribution in [-0.2, 0) is 6.18 Å². The normalized spacial score (nSPS) is 12.4. The van der Waals surface area contributed by atoms with Crippen LogP contribution < -0.4 is 0 Å². The van der Waals surface area contributed by atoms with Gasteiger partial charge in [0.25, 0.3) is 5.88 Å². The van der Waals surface area contributed by atoms with Gasteiger partial charge in [0.2, 0.25) is 5.65 Å². The molecule has 0 saturated heterocycles. The number of halogens is 4. The number of alkyl halides is 3. The molecule has 2 heterocycles. The summed E-state index contributed by atoms with van der Waals surface area (Å²) in [6, 6.07) is 1.19. The lowest BCUT2D eigenvalue weighted by molar-refractivity contribution is -0.136. The molecule has 98 valence electrons. The Bertz CT molecular complexity index is 795. The van der Waals surface area contributed by atoms with E-state index in [1.54, 1.807) is 0 Å². The van der Waals surface area contributed by atoms with Crippen molar-refractivity contribution in [3.05, 3.63) is 29.8 Å². The van der Waals surface area contributed by atoms with E-state index in [9.17, 15) is 22.7 Å². The van der Waals surface area contributed by atoms with Crippen LogP contribution in [0.25, 0.3) is 16.7 Å². The van der Waals surface area contributed by atoms with Crippen LogP contribution in [0.4, 0.5) is 17.6 Å². The minimum absolute atomic E-state index is 0.147. The summed E-state index contributed by atoms with van der Waals surface area (Å²) >= 11 is 0. The monoisotopic (exact) mass is 272 g/mol. The van der Waals surface area contributed by atoms with Crippen molar-refractivity contribution in [1.82, 2.24) is 19.6 Å². The standard InChI is InChI=1S/C10H4F4N4O/c11-4-1-5(10(12,13)14)7-6(2-4)18-3-15-17-8(18)9(19)16-7/h1-3H,(H,16,19). The molecule has 0 saturated carbocycles. The first kappa shape index (κ1) is 11.6. The molecule has 19 heavy (non-hydrogen) atoms. The topological polar surface area (TPSA) is 63.3 Å². The molecule has 0 spiro atoms. The number of nitrogens with zero attached hydrogens (tertiary/aromatic N) is 4. The van der Waals surface area contributed by atoms with E-state index in [0.717, 1.165) is 16.8 Å². The third-order valence-corrected chi connectivity index (χ3v) is 2.58. The molecule has 3 rings (SSSR count). The van der Waals surface area contributed by atoms with Gasteiger partial charge in [-0.3, -0.25) is 4.40 Å². The number of rotatable bonds is 0. The van der Waals surface area contributed by atoms with Gasteiger partial charge >= 0.3 is 6.18 Å². The van der Waals surface area contributed by atoms with Crippen LogP contribution in [0.15, 0.2) is 18.5 Å². The Kier molecular flexibility index (Phi) is 2.16. The summed E-state index contributed by atoms with van der Waals surface area (Å²) in [5, 5.41) is 16.5. The summed E-state index contributed by atoms with van der Waals surface area (Å²) in [6.45, 7) is 0. The number of hydrogen-bond donors (Lipinski definition) is 1. The van der Waals surface area contributed by atoms with Crippen molar-refractivity contribution in [2.24, 2.45) is 0 Å². The molecule has 9 heteroatoms. The fraction of sp³-hybridized carbons (Fsp3) is 0.100. The first-order valence-corrected chi connectivity index (χ1v) is 4.97. The molecule has 2 aromatic heterocycles. The number of fused-ring (bicyclic) bond motifs is 3. The van der Waals surface area contributed by atoms with Gasteiger partial charge in [-0.15, -0.1) is 10.2 Å². The molecule has 0 aliphatic rings. The molecule has 0 aliphatic carbocycles. The first-order chi connectivity index (χ1) is 8.88. The summed E-state index contributed by atoms with van der Waals surface area (Å²) in [5.41, 5.74) is -2.16. The predicted molar refractivity (Wildman–Crippen MR) is 54.9 cm³/mol. The molecular formula is C10H4F4N4O. The first-order valence-electron chi connectivity index (χ1n) is 4.97. The fourth-order valence-electron chi connectivity index (χ4n) is 1.82. The smallest absolute Gasteiger partial charge is 0.418 e. The summed E-state index contributed by atoms with van der Waals surface area (Å²) in [6.07, 6.45) is -3.72. The third kappa shape index (κ3) is 1.65. The zero-order valence-corrected chi connectivity index (χ0v) is 8.98. The maximum absolute atomic E-state index is 13.3. The Morgan fingerprint density at radius 3 is 2.63 bits per heavy atom. The van der Waals surface area contributed by atoms with Crippen molar-refractivity contribution in [3.63, 3.8) is 0 Å². The van der Waals surface area contributed by atoms with Gasteiger partial charge in [0.1, 0.15) is 17.7 Å². The molecule has 1 N–H and O–H groups in total. The lowest BCUT2D eigenvalue weighted by Crippen LogP contribution is -2.08. The SMILES string of the molecule is Oc1nc2c(C(F)(F)F)cc(F)cc2n2cnnc12. The van der Waals surface area contributed by atoms with E-state index in [1.807, 2.05) is 0 Å². The van der Waals surface area contributed by atoms with Crippen molar-refractivity contribution in [1.29, 1.82) is 0 Å². The molecule has 0 fully saturated rings. The molecule has 1 aromatic carbocycles. The summed E-state index contributed by atoms with van der Waals surface area (Å²) in [7, 11) is 0. The molecule has 0 radical (unpaired) electrons. The number of benzene rings is 1. The highest BCUT2D eigenvalue weighted by Gasteiger charge is 2.35. The Labute approximate surface area is 102 Å². The maximum Gasteiger partial charge on any atom is 0.418 e. The highest BCUT2D eigenvalue weighted by molar-refractivity contribution is 5.82. The van der Waals surface area contributed by atoms with Gasteiger partial charge in [0, 0.05) is 6.07 Å². The van der Waals surface area contributed by atoms with Gasteiger partial charge in [-0.1, -0.05) is 0 Å². The van der Waals surface area contributed by atoms with Crippen molar-refractivity contribution in [2.45, 2.75) is 6.18 Å². The molecular weight excluding hydrogens is 268 g/mol.